The quantitative estimate of drug-likeness (QED) is 0.281. The number of benzene rings is 3. The van der Waals surface area contributed by atoms with Crippen molar-refractivity contribution in [3.8, 4) is 17.2 Å². The van der Waals surface area contributed by atoms with E-state index in [1.807, 2.05) is 18.2 Å². The Bertz CT molecular complexity index is 1340. The molecule has 3 aromatic rings. The second kappa shape index (κ2) is 12.7. The number of ether oxygens (including phenoxy) is 2. The van der Waals surface area contributed by atoms with Crippen molar-refractivity contribution in [1.29, 1.82) is 0 Å². The van der Waals surface area contributed by atoms with Crippen molar-refractivity contribution in [3.63, 3.8) is 0 Å². The first-order chi connectivity index (χ1) is 19.7. The van der Waals surface area contributed by atoms with Crippen molar-refractivity contribution in [2.45, 2.75) is 65.3 Å². The number of hydrogen-bond acceptors (Lipinski definition) is 5. The Kier molecular flexibility index (Phi) is 9.08. The summed E-state index contributed by atoms with van der Waals surface area (Å²) in [6.45, 7) is 11.6. The molecule has 1 saturated heterocycles. The summed E-state index contributed by atoms with van der Waals surface area (Å²) in [7, 11) is 1.69. The number of halogens is 1. The number of piperidine rings is 1. The Morgan fingerprint density at radius 3 is 2.68 bits per heavy atom. The number of hydrogen-bond donors (Lipinski definition) is 1. The summed E-state index contributed by atoms with van der Waals surface area (Å²) >= 11 is 0. The number of phenols is 1. The van der Waals surface area contributed by atoms with Gasteiger partial charge in [-0.3, -0.25) is 4.90 Å². The van der Waals surface area contributed by atoms with Crippen molar-refractivity contribution in [1.82, 2.24) is 4.90 Å². The molecule has 41 heavy (non-hydrogen) atoms. The number of anilines is 1. The normalized spacial score (nSPS) is 18.5. The lowest BCUT2D eigenvalue weighted by Gasteiger charge is -2.37. The van der Waals surface area contributed by atoms with E-state index in [1.165, 1.54) is 29.5 Å². The first kappa shape index (κ1) is 29.2. The van der Waals surface area contributed by atoms with Crippen LogP contribution in [0.2, 0.25) is 0 Å². The molecule has 0 amide bonds. The van der Waals surface area contributed by atoms with Gasteiger partial charge in [0.05, 0.1) is 7.11 Å². The van der Waals surface area contributed by atoms with Crippen LogP contribution >= 0.6 is 0 Å². The maximum Gasteiger partial charge on any atom is 0.165 e. The predicted octanol–water partition coefficient (Wildman–Crippen LogP) is 7.34. The van der Waals surface area contributed by atoms with E-state index >= 15 is 4.39 Å². The van der Waals surface area contributed by atoms with Gasteiger partial charge < -0.3 is 19.5 Å². The molecule has 0 saturated carbocycles. The number of aryl methyl sites for hydroxylation is 1. The van der Waals surface area contributed by atoms with Crippen LogP contribution in [0.3, 0.4) is 0 Å². The Morgan fingerprint density at radius 1 is 1.07 bits per heavy atom. The Balaban J connectivity index is 1.28. The van der Waals surface area contributed by atoms with Gasteiger partial charge in [0, 0.05) is 37.9 Å². The number of rotatable bonds is 10. The number of aromatic hydroxyl groups is 1. The monoisotopic (exact) mass is 560 g/mol. The molecule has 1 atom stereocenters. The maximum atomic E-state index is 15.2. The van der Waals surface area contributed by atoms with Crippen LogP contribution in [0.25, 0.3) is 0 Å². The van der Waals surface area contributed by atoms with Gasteiger partial charge in [-0.1, -0.05) is 32.0 Å². The average Bonchev–Trinajstić information content (AvgIpc) is 2.96. The van der Waals surface area contributed by atoms with E-state index in [0.29, 0.717) is 36.0 Å². The third-order valence-electron chi connectivity index (χ3n) is 8.83. The van der Waals surface area contributed by atoms with Gasteiger partial charge in [0.1, 0.15) is 18.1 Å². The minimum atomic E-state index is -0.310. The summed E-state index contributed by atoms with van der Waals surface area (Å²) in [4.78, 5) is 4.73. The van der Waals surface area contributed by atoms with Crippen LogP contribution in [0.15, 0.2) is 54.6 Å². The lowest BCUT2D eigenvalue weighted by atomic mass is 9.79. The van der Waals surface area contributed by atoms with Crippen LogP contribution in [0, 0.1) is 11.2 Å². The number of likely N-dealkylation sites (tertiary alicyclic amines) is 1. The molecule has 0 unspecified atom stereocenters. The molecular weight excluding hydrogens is 515 g/mol. The number of fused-ring (bicyclic) bond motifs is 1. The van der Waals surface area contributed by atoms with Crippen molar-refractivity contribution in [2.24, 2.45) is 5.41 Å². The Hall–Kier alpha value is -3.25. The molecule has 1 heterocycles. The highest BCUT2D eigenvalue weighted by Crippen LogP contribution is 2.40. The molecule has 5 rings (SSSR count). The second-order valence-electron chi connectivity index (χ2n) is 12.5. The standard InChI is InChI=1S/C35H45FN2O3/c1-5-38(23-25-7-14-34(32(36)19-25)41-18-17-37-16-6-15-35(2,3)24-37)33-22-30(40-4)12-13-31(33)28-9-8-27-21-29(39)11-10-26(27)20-28/h7,10-14,19,21-22,28,39H,5-6,8-9,15-18,20,23-24H2,1-4H3/t28-/m1/s1. The van der Waals surface area contributed by atoms with Crippen LogP contribution in [0.4, 0.5) is 10.1 Å². The van der Waals surface area contributed by atoms with Gasteiger partial charge in [0.2, 0.25) is 0 Å². The molecule has 1 aliphatic carbocycles. The van der Waals surface area contributed by atoms with E-state index in [4.69, 9.17) is 9.47 Å². The molecule has 1 fully saturated rings. The van der Waals surface area contributed by atoms with Crippen molar-refractivity contribution in [2.75, 3.05) is 44.8 Å². The van der Waals surface area contributed by atoms with Gasteiger partial charge in [-0.05, 0) is 109 Å². The fraction of sp³-hybridized carbons (Fsp3) is 0.486. The van der Waals surface area contributed by atoms with Crippen LogP contribution in [0.1, 0.15) is 68.2 Å². The summed E-state index contributed by atoms with van der Waals surface area (Å²) in [6, 6.07) is 17.4. The van der Waals surface area contributed by atoms with Crippen molar-refractivity contribution < 1.29 is 19.0 Å². The van der Waals surface area contributed by atoms with Crippen LogP contribution < -0.4 is 14.4 Å². The summed E-state index contributed by atoms with van der Waals surface area (Å²) in [5, 5.41) is 9.91. The molecule has 3 aromatic carbocycles. The van der Waals surface area contributed by atoms with Gasteiger partial charge >= 0.3 is 0 Å². The first-order valence-corrected chi connectivity index (χ1v) is 15.1. The second-order valence-corrected chi connectivity index (χ2v) is 12.5. The van der Waals surface area contributed by atoms with Gasteiger partial charge in [-0.15, -0.1) is 0 Å². The average molecular weight is 561 g/mol. The predicted molar refractivity (Wildman–Crippen MR) is 164 cm³/mol. The van der Waals surface area contributed by atoms with Crippen LogP contribution in [0.5, 0.6) is 17.2 Å². The highest BCUT2D eigenvalue weighted by atomic mass is 19.1. The van der Waals surface area contributed by atoms with Gasteiger partial charge in [0.25, 0.3) is 0 Å². The molecule has 5 nitrogen and oxygen atoms in total. The lowest BCUT2D eigenvalue weighted by molar-refractivity contribution is 0.101. The fourth-order valence-corrected chi connectivity index (χ4v) is 6.64. The van der Waals surface area contributed by atoms with E-state index in [1.54, 1.807) is 25.3 Å². The molecule has 0 radical (unpaired) electrons. The highest BCUT2D eigenvalue weighted by molar-refractivity contribution is 5.60. The van der Waals surface area contributed by atoms with E-state index in [-0.39, 0.29) is 5.82 Å². The smallest absolute Gasteiger partial charge is 0.165 e. The lowest BCUT2D eigenvalue weighted by Crippen LogP contribution is -2.41. The summed E-state index contributed by atoms with van der Waals surface area (Å²) in [6.07, 6.45) is 5.35. The molecule has 0 spiro atoms. The van der Waals surface area contributed by atoms with Crippen molar-refractivity contribution in [3.05, 3.63) is 82.7 Å². The van der Waals surface area contributed by atoms with E-state index in [0.717, 1.165) is 62.4 Å². The largest absolute Gasteiger partial charge is 0.508 e. The number of phenolic OH excluding ortho intramolecular Hbond substituents is 1. The fourth-order valence-electron chi connectivity index (χ4n) is 6.64. The Morgan fingerprint density at radius 2 is 1.93 bits per heavy atom. The van der Waals surface area contributed by atoms with E-state index in [2.05, 4.69) is 48.8 Å². The zero-order chi connectivity index (χ0) is 29.0. The summed E-state index contributed by atoms with van der Waals surface area (Å²) in [5.74, 6) is 1.52. The van der Waals surface area contributed by atoms with Gasteiger partial charge in [-0.2, -0.15) is 0 Å². The molecule has 6 heteroatoms. The van der Waals surface area contributed by atoms with E-state index < -0.39 is 0 Å². The third-order valence-corrected chi connectivity index (χ3v) is 8.83. The minimum absolute atomic E-state index is 0.310. The molecule has 1 aliphatic heterocycles. The molecular formula is C35H45FN2O3. The van der Waals surface area contributed by atoms with Crippen LogP contribution in [-0.4, -0.2) is 49.9 Å². The zero-order valence-electron chi connectivity index (χ0n) is 25.1. The van der Waals surface area contributed by atoms with Gasteiger partial charge in [-0.25, -0.2) is 4.39 Å². The Labute approximate surface area is 244 Å². The summed E-state index contributed by atoms with van der Waals surface area (Å²) in [5.41, 5.74) is 6.20. The molecule has 2 aliphatic rings. The van der Waals surface area contributed by atoms with Crippen LogP contribution in [-0.2, 0) is 19.4 Å². The van der Waals surface area contributed by atoms with E-state index in [9.17, 15) is 5.11 Å². The third kappa shape index (κ3) is 7.16. The highest BCUT2D eigenvalue weighted by Gasteiger charge is 2.27. The maximum absolute atomic E-state index is 15.2. The van der Waals surface area contributed by atoms with Gasteiger partial charge in [0.15, 0.2) is 11.6 Å². The molecule has 220 valence electrons. The molecule has 1 N–H and O–H groups in total. The number of nitrogens with zero attached hydrogens (tertiary/aromatic N) is 2. The first-order valence-electron chi connectivity index (χ1n) is 15.1. The number of methoxy groups -OCH3 is 1. The molecule has 0 aromatic heterocycles. The summed E-state index contributed by atoms with van der Waals surface area (Å²) < 4.78 is 26.6. The minimum Gasteiger partial charge on any atom is -0.508 e. The van der Waals surface area contributed by atoms with Crippen molar-refractivity contribution >= 4 is 5.69 Å². The zero-order valence-corrected chi connectivity index (χ0v) is 25.1. The topological polar surface area (TPSA) is 45.2 Å². The SMILES string of the molecule is CCN(Cc1ccc(OCCN2CCCC(C)(C)C2)c(F)c1)c1cc(OC)ccc1[C@@H]1CCc2cc(O)ccc2C1. The molecule has 0 bridgehead atoms.